The molecule has 0 spiro atoms. The molecule has 108 valence electrons. The Morgan fingerprint density at radius 3 is 2.80 bits per heavy atom. The predicted octanol–water partition coefficient (Wildman–Crippen LogP) is -0.864. The first-order chi connectivity index (χ1) is 9.46. The lowest BCUT2D eigenvalue weighted by molar-refractivity contribution is -0.0950. The molecule has 1 aliphatic heterocycles. The van der Waals surface area contributed by atoms with E-state index in [1.54, 1.807) is 11.5 Å². The number of aromatic nitrogens is 4. The lowest BCUT2D eigenvalue weighted by Gasteiger charge is -2.27. The Bertz CT molecular complexity index is 641. The fraction of sp³-hybridized carbons (Fsp3) is 0.583. The van der Waals surface area contributed by atoms with Crippen LogP contribution in [0.5, 0.6) is 0 Å². The minimum atomic E-state index is -1.56. The van der Waals surface area contributed by atoms with Gasteiger partial charge in [0.25, 0.3) is 0 Å². The van der Waals surface area contributed by atoms with Crippen LogP contribution in [0, 0.1) is 6.92 Å². The molecule has 3 rings (SSSR count). The van der Waals surface area contributed by atoms with E-state index in [0.29, 0.717) is 16.9 Å². The summed E-state index contributed by atoms with van der Waals surface area (Å²) in [5.41, 5.74) is 0.271. The van der Waals surface area contributed by atoms with Crippen LogP contribution in [0.3, 0.4) is 0 Å². The van der Waals surface area contributed by atoms with E-state index in [1.807, 2.05) is 0 Å². The van der Waals surface area contributed by atoms with Crippen molar-refractivity contribution in [2.24, 2.45) is 0 Å². The zero-order valence-electron chi connectivity index (χ0n) is 11.1. The predicted molar refractivity (Wildman–Crippen MR) is 67.7 cm³/mol. The van der Waals surface area contributed by atoms with Crippen LogP contribution >= 0.6 is 0 Å². The maximum atomic E-state index is 10.4. The topological polar surface area (TPSA) is 114 Å². The van der Waals surface area contributed by atoms with Crippen molar-refractivity contribution in [1.29, 1.82) is 0 Å². The van der Waals surface area contributed by atoms with Crippen molar-refractivity contribution in [3.05, 3.63) is 18.3 Å². The van der Waals surface area contributed by atoms with E-state index in [0.717, 1.165) is 0 Å². The summed E-state index contributed by atoms with van der Waals surface area (Å²) in [5, 5.41) is 29.7. The number of aliphatic hydroxyl groups excluding tert-OH is 2. The molecule has 0 amide bonds. The molecule has 0 radical (unpaired) electrons. The molecule has 1 saturated heterocycles. The van der Waals surface area contributed by atoms with Crippen LogP contribution in [0.15, 0.2) is 12.7 Å². The minimum absolute atomic E-state index is 0.380. The third-order valence-electron chi connectivity index (χ3n) is 3.73. The molecule has 0 bridgehead atoms. The lowest BCUT2D eigenvalue weighted by atomic mass is 9.96. The summed E-state index contributed by atoms with van der Waals surface area (Å²) >= 11 is 0. The van der Waals surface area contributed by atoms with Crippen LogP contribution < -0.4 is 0 Å². The highest BCUT2D eigenvalue weighted by molar-refractivity contribution is 5.72. The first-order valence-corrected chi connectivity index (χ1v) is 6.27. The second kappa shape index (κ2) is 4.45. The standard InChI is InChI=1S/C12H16N4O4/c1-6-8-10(14-4-13-6)16(5-15-8)11-12(2,19)9(18)7(3-17)20-11/h4-5,7,9,11,17-19H,3H2,1-2H3/t7-,9+,11-,12-/m1/s1. The SMILES string of the molecule is Cc1ncnc2c1ncn2[C@@H]1O[C@H](CO)[C@H](O)[C@@]1(C)O. The van der Waals surface area contributed by atoms with E-state index in [-0.39, 0.29) is 6.61 Å². The van der Waals surface area contributed by atoms with E-state index >= 15 is 0 Å². The Kier molecular flexibility index (Phi) is 2.98. The van der Waals surface area contributed by atoms with E-state index in [9.17, 15) is 15.3 Å². The Balaban J connectivity index is 2.10. The van der Waals surface area contributed by atoms with Gasteiger partial charge in [0.2, 0.25) is 0 Å². The molecule has 0 saturated carbocycles. The summed E-state index contributed by atoms with van der Waals surface area (Å²) in [7, 11) is 0. The van der Waals surface area contributed by atoms with Crippen molar-refractivity contribution in [3.8, 4) is 0 Å². The number of hydrogen-bond donors (Lipinski definition) is 3. The summed E-state index contributed by atoms with van der Waals surface area (Å²) in [6.07, 6.45) is -0.0422. The first-order valence-electron chi connectivity index (χ1n) is 6.27. The molecule has 8 heteroatoms. The van der Waals surface area contributed by atoms with Gasteiger partial charge in [0.1, 0.15) is 29.7 Å². The van der Waals surface area contributed by atoms with Crippen LogP contribution in [-0.2, 0) is 4.74 Å². The van der Waals surface area contributed by atoms with Crippen LogP contribution in [0.2, 0.25) is 0 Å². The highest BCUT2D eigenvalue weighted by Crippen LogP contribution is 2.39. The molecule has 8 nitrogen and oxygen atoms in total. The van der Waals surface area contributed by atoms with Crippen molar-refractivity contribution in [1.82, 2.24) is 19.5 Å². The Hall–Kier alpha value is -1.61. The third-order valence-corrected chi connectivity index (χ3v) is 3.73. The average Bonchev–Trinajstić information content (AvgIpc) is 2.92. The number of aliphatic hydroxyl groups is 3. The normalized spacial score (nSPS) is 34.0. The summed E-state index contributed by atoms with van der Waals surface area (Å²) in [4.78, 5) is 12.4. The quantitative estimate of drug-likeness (QED) is 0.655. The van der Waals surface area contributed by atoms with Gasteiger partial charge in [0.05, 0.1) is 18.6 Å². The second-order valence-corrected chi connectivity index (χ2v) is 5.16. The number of fused-ring (bicyclic) bond motifs is 1. The number of nitrogens with zero attached hydrogens (tertiary/aromatic N) is 4. The van der Waals surface area contributed by atoms with Gasteiger partial charge < -0.3 is 20.1 Å². The van der Waals surface area contributed by atoms with Gasteiger partial charge >= 0.3 is 0 Å². The molecule has 1 aliphatic rings. The Morgan fingerprint density at radius 1 is 1.40 bits per heavy atom. The van der Waals surface area contributed by atoms with E-state index in [2.05, 4.69) is 15.0 Å². The zero-order valence-corrected chi connectivity index (χ0v) is 11.1. The number of imidazole rings is 1. The number of aryl methyl sites for hydroxylation is 1. The molecule has 2 aromatic heterocycles. The van der Waals surface area contributed by atoms with Gasteiger partial charge in [-0.3, -0.25) is 4.57 Å². The van der Waals surface area contributed by atoms with Gasteiger partial charge in [-0.2, -0.15) is 0 Å². The second-order valence-electron chi connectivity index (χ2n) is 5.16. The smallest absolute Gasteiger partial charge is 0.168 e. The Morgan fingerprint density at radius 2 is 2.15 bits per heavy atom. The molecule has 1 fully saturated rings. The van der Waals surface area contributed by atoms with Crippen LogP contribution in [0.1, 0.15) is 18.8 Å². The highest BCUT2D eigenvalue weighted by Gasteiger charge is 2.53. The number of hydrogen-bond acceptors (Lipinski definition) is 7. The summed E-state index contributed by atoms with van der Waals surface area (Å²) in [6.45, 7) is 2.88. The van der Waals surface area contributed by atoms with E-state index in [4.69, 9.17) is 4.74 Å². The summed E-state index contributed by atoms with van der Waals surface area (Å²) < 4.78 is 7.09. The summed E-state index contributed by atoms with van der Waals surface area (Å²) in [6, 6.07) is 0. The molecular weight excluding hydrogens is 264 g/mol. The lowest BCUT2D eigenvalue weighted by Crippen LogP contribution is -2.44. The molecule has 0 unspecified atom stereocenters. The van der Waals surface area contributed by atoms with Gasteiger partial charge in [-0.1, -0.05) is 0 Å². The van der Waals surface area contributed by atoms with Gasteiger partial charge in [-0.05, 0) is 13.8 Å². The number of ether oxygens (including phenoxy) is 1. The minimum Gasteiger partial charge on any atom is -0.394 e. The van der Waals surface area contributed by atoms with E-state index < -0.39 is 24.0 Å². The average molecular weight is 280 g/mol. The molecule has 3 N–H and O–H groups in total. The van der Waals surface area contributed by atoms with Gasteiger partial charge in [0, 0.05) is 0 Å². The van der Waals surface area contributed by atoms with Crippen LogP contribution in [0.4, 0.5) is 0 Å². The van der Waals surface area contributed by atoms with Crippen molar-refractivity contribution in [3.63, 3.8) is 0 Å². The fourth-order valence-electron chi connectivity index (χ4n) is 2.53. The van der Waals surface area contributed by atoms with Gasteiger partial charge in [-0.15, -0.1) is 0 Å². The van der Waals surface area contributed by atoms with Crippen molar-refractivity contribution in [2.75, 3.05) is 6.61 Å². The van der Waals surface area contributed by atoms with Crippen molar-refractivity contribution in [2.45, 2.75) is 37.9 Å². The monoisotopic (exact) mass is 280 g/mol. The van der Waals surface area contributed by atoms with Crippen molar-refractivity contribution >= 4 is 11.2 Å². The molecule has 20 heavy (non-hydrogen) atoms. The number of rotatable bonds is 2. The fourth-order valence-corrected chi connectivity index (χ4v) is 2.53. The molecule has 0 aromatic carbocycles. The molecule has 0 aliphatic carbocycles. The summed E-state index contributed by atoms with van der Waals surface area (Å²) in [5.74, 6) is 0. The Labute approximate surface area is 114 Å². The largest absolute Gasteiger partial charge is 0.394 e. The third kappa shape index (κ3) is 1.73. The molecule has 4 atom stereocenters. The van der Waals surface area contributed by atoms with Crippen molar-refractivity contribution < 1.29 is 20.1 Å². The zero-order chi connectivity index (χ0) is 14.5. The maximum Gasteiger partial charge on any atom is 0.168 e. The molecule has 3 heterocycles. The first kappa shape index (κ1) is 13.4. The molecule has 2 aromatic rings. The molecular formula is C12H16N4O4. The maximum absolute atomic E-state index is 10.4. The van der Waals surface area contributed by atoms with Gasteiger partial charge in [-0.25, -0.2) is 15.0 Å². The van der Waals surface area contributed by atoms with Gasteiger partial charge in [0.15, 0.2) is 11.9 Å². The highest BCUT2D eigenvalue weighted by atomic mass is 16.6. The van der Waals surface area contributed by atoms with Crippen LogP contribution in [0.25, 0.3) is 11.2 Å². The van der Waals surface area contributed by atoms with Crippen LogP contribution in [-0.4, -0.2) is 59.3 Å². The van der Waals surface area contributed by atoms with E-state index in [1.165, 1.54) is 19.6 Å².